The second kappa shape index (κ2) is 10.6. The van der Waals surface area contributed by atoms with E-state index in [0.29, 0.717) is 23.2 Å². The highest BCUT2D eigenvalue weighted by Crippen LogP contribution is 2.27. The molecule has 8 nitrogen and oxygen atoms in total. The number of nitrogens with one attached hydrogen (secondary N) is 1. The fourth-order valence-electron chi connectivity index (χ4n) is 3.91. The lowest BCUT2D eigenvalue weighted by Gasteiger charge is -2.27. The van der Waals surface area contributed by atoms with Gasteiger partial charge in [-0.15, -0.1) is 11.3 Å². The van der Waals surface area contributed by atoms with Crippen molar-refractivity contribution in [2.24, 2.45) is 0 Å². The first-order valence-electron chi connectivity index (χ1n) is 10.6. The number of likely N-dealkylation sites (tertiary alicyclic amines) is 1. The van der Waals surface area contributed by atoms with Crippen molar-refractivity contribution in [1.29, 1.82) is 0 Å². The summed E-state index contributed by atoms with van der Waals surface area (Å²) in [5.41, 5.74) is 0.353. The molecular weight excluding hydrogens is 485 g/mol. The molecule has 0 bridgehead atoms. The zero-order valence-corrected chi connectivity index (χ0v) is 19.9. The zero-order chi connectivity index (χ0) is 24.2. The van der Waals surface area contributed by atoms with Crippen LogP contribution in [-0.4, -0.2) is 68.2 Å². The third-order valence-corrected chi connectivity index (χ3v) is 6.87. The number of nitrogens with zero attached hydrogens (tertiary/aromatic N) is 2. The fraction of sp³-hybridized carbons (Fsp3) is 0.348. The van der Waals surface area contributed by atoms with Crippen molar-refractivity contribution < 1.29 is 28.2 Å². The smallest absolute Gasteiger partial charge is 0.253 e. The highest BCUT2D eigenvalue weighted by Gasteiger charge is 2.39. The molecule has 3 amide bonds. The number of hydrogen-bond donors (Lipinski definition) is 1. The van der Waals surface area contributed by atoms with Gasteiger partial charge in [0.05, 0.1) is 22.7 Å². The number of amides is 3. The first kappa shape index (κ1) is 24.3. The zero-order valence-electron chi connectivity index (χ0n) is 18.3. The molecule has 2 fully saturated rings. The highest BCUT2D eigenvalue weighted by atomic mass is 35.5. The molecule has 34 heavy (non-hydrogen) atoms. The van der Waals surface area contributed by atoms with Gasteiger partial charge in [-0.2, -0.15) is 0 Å². The molecule has 2 saturated heterocycles. The number of carbonyl (C=O) groups excluding carboxylic acids is 3. The quantitative estimate of drug-likeness (QED) is 0.607. The molecule has 1 aromatic heterocycles. The van der Waals surface area contributed by atoms with Gasteiger partial charge in [-0.1, -0.05) is 11.6 Å². The van der Waals surface area contributed by atoms with Gasteiger partial charge in [-0.05, 0) is 36.4 Å². The van der Waals surface area contributed by atoms with Crippen LogP contribution in [0.4, 0.5) is 15.8 Å². The summed E-state index contributed by atoms with van der Waals surface area (Å²) in [6.07, 6.45) is 2.99. The number of morpholine rings is 1. The number of rotatable bonds is 6. The highest BCUT2D eigenvalue weighted by molar-refractivity contribution is 7.17. The Balaban J connectivity index is 1.46. The first-order valence-corrected chi connectivity index (χ1v) is 11.8. The summed E-state index contributed by atoms with van der Waals surface area (Å²) >= 11 is 7.25. The van der Waals surface area contributed by atoms with Gasteiger partial charge in [0.15, 0.2) is 0 Å². The number of carbonyl (C=O) groups is 3. The van der Waals surface area contributed by atoms with Gasteiger partial charge in [0.1, 0.15) is 18.5 Å². The molecule has 4 rings (SSSR count). The van der Waals surface area contributed by atoms with Crippen LogP contribution in [0.25, 0.3) is 6.08 Å². The summed E-state index contributed by atoms with van der Waals surface area (Å²) in [5, 5.41) is 2.57. The molecule has 0 unspecified atom stereocenters. The van der Waals surface area contributed by atoms with E-state index in [2.05, 4.69) is 5.32 Å². The molecule has 2 atom stereocenters. The molecule has 0 aliphatic carbocycles. The lowest BCUT2D eigenvalue weighted by atomic mass is 10.1. The minimum atomic E-state index is -0.825. The number of hydrogen-bond acceptors (Lipinski definition) is 6. The monoisotopic (exact) mass is 507 g/mol. The van der Waals surface area contributed by atoms with E-state index in [-0.39, 0.29) is 43.2 Å². The molecule has 180 valence electrons. The second-order valence-corrected chi connectivity index (χ2v) is 9.57. The Morgan fingerprint density at radius 1 is 1.32 bits per heavy atom. The maximum absolute atomic E-state index is 14.8. The Bertz CT molecular complexity index is 1120. The van der Waals surface area contributed by atoms with Crippen molar-refractivity contribution >= 4 is 58.1 Å². The molecule has 0 saturated carbocycles. The van der Waals surface area contributed by atoms with Crippen molar-refractivity contribution in [3.8, 4) is 0 Å². The van der Waals surface area contributed by atoms with Crippen molar-refractivity contribution in [1.82, 2.24) is 4.90 Å². The molecule has 0 spiro atoms. The molecule has 2 aromatic rings. The lowest BCUT2D eigenvalue weighted by Crippen LogP contribution is -2.42. The van der Waals surface area contributed by atoms with E-state index in [1.165, 1.54) is 46.5 Å². The van der Waals surface area contributed by atoms with Crippen LogP contribution in [-0.2, 0) is 23.9 Å². The number of benzene rings is 1. The molecule has 1 aromatic carbocycles. The van der Waals surface area contributed by atoms with Crippen LogP contribution < -0.4 is 10.2 Å². The van der Waals surface area contributed by atoms with Crippen molar-refractivity contribution in [2.75, 3.05) is 43.6 Å². The van der Waals surface area contributed by atoms with E-state index in [0.717, 1.165) is 4.88 Å². The van der Waals surface area contributed by atoms with E-state index in [1.807, 2.05) is 0 Å². The Morgan fingerprint density at radius 3 is 2.82 bits per heavy atom. The van der Waals surface area contributed by atoms with Gasteiger partial charge in [-0.25, -0.2) is 4.39 Å². The molecule has 1 N–H and O–H groups in total. The van der Waals surface area contributed by atoms with Gasteiger partial charge < -0.3 is 24.6 Å². The summed E-state index contributed by atoms with van der Waals surface area (Å²) in [7, 11) is 1.52. The van der Waals surface area contributed by atoms with Gasteiger partial charge in [0.2, 0.25) is 11.8 Å². The van der Waals surface area contributed by atoms with Crippen LogP contribution in [0.2, 0.25) is 4.34 Å². The predicted octanol–water partition coefficient (Wildman–Crippen LogP) is 3.17. The standard InChI is InChI=1S/C23H23ClFN3O5S/c1-32-15-11-19(28(12-15)21(29)7-4-16-3-6-20(24)34-16)23(31)26-18-5-2-14(10-17(18)25)27-8-9-33-13-22(27)30/h2-7,10,15,19H,8-9,11-13H2,1H3,(H,26,31)/b7-4+/t15-,19-/m1/s1. The maximum Gasteiger partial charge on any atom is 0.253 e. The van der Waals surface area contributed by atoms with Crippen LogP contribution in [0.3, 0.4) is 0 Å². The van der Waals surface area contributed by atoms with Gasteiger partial charge in [0, 0.05) is 43.3 Å². The van der Waals surface area contributed by atoms with Crippen LogP contribution in [0.5, 0.6) is 0 Å². The van der Waals surface area contributed by atoms with Crippen molar-refractivity contribution in [3.05, 3.63) is 51.4 Å². The third-order valence-electron chi connectivity index (χ3n) is 5.67. The number of methoxy groups -OCH3 is 1. The number of halogens is 2. The van der Waals surface area contributed by atoms with E-state index in [1.54, 1.807) is 24.3 Å². The Hall–Kier alpha value is -2.79. The largest absolute Gasteiger partial charge is 0.380 e. The van der Waals surface area contributed by atoms with Gasteiger partial charge in [-0.3, -0.25) is 14.4 Å². The number of anilines is 2. The van der Waals surface area contributed by atoms with Gasteiger partial charge in [0.25, 0.3) is 5.91 Å². The molecule has 2 aliphatic heterocycles. The number of ether oxygens (including phenoxy) is 2. The van der Waals surface area contributed by atoms with E-state index >= 15 is 0 Å². The van der Waals surface area contributed by atoms with Crippen LogP contribution in [0, 0.1) is 5.82 Å². The summed E-state index contributed by atoms with van der Waals surface area (Å²) in [6.45, 7) is 0.878. The molecular formula is C23H23ClFN3O5S. The third kappa shape index (κ3) is 5.47. The van der Waals surface area contributed by atoms with Crippen LogP contribution in [0.1, 0.15) is 11.3 Å². The van der Waals surface area contributed by atoms with Crippen LogP contribution in [0.15, 0.2) is 36.4 Å². The SMILES string of the molecule is CO[C@@H]1C[C@H](C(=O)Nc2ccc(N3CCOCC3=O)cc2F)N(C(=O)/C=C/c2ccc(Cl)s2)C1. The Labute approximate surface area is 204 Å². The Kier molecular flexibility index (Phi) is 7.62. The average Bonchev–Trinajstić information content (AvgIpc) is 3.45. The van der Waals surface area contributed by atoms with E-state index < -0.39 is 17.8 Å². The minimum absolute atomic E-state index is 0.0357. The summed E-state index contributed by atoms with van der Waals surface area (Å²) in [6, 6.07) is 6.86. The van der Waals surface area contributed by atoms with E-state index in [4.69, 9.17) is 21.1 Å². The Morgan fingerprint density at radius 2 is 2.15 bits per heavy atom. The van der Waals surface area contributed by atoms with Crippen molar-refractivity contribution in [3.63, 3.8) is 0 Å². The summed E-state index contributed by atoms with van der Waals surface area (Å²) in [4.78, 5) is 41.5. The number of thiophene rings is 1. The average molecular weight is 508 g/mol. The molecule has 3 heterocycles. The summed E-state index contributed by atoms with van der Waals surface area (Å²) in [5.74, 6) is -1.81. The maximum atomic E-state index is 14.8. The molecule has 2 aliphatic rings. The van der Waals surface area contributed by atoms with Crippen LogP contribution >= 0.6 is 22.9 Å². The normalized spacial score (nSPS) is 20.9. The first-order chi connectivity index (χ1) is 16.4. The van der Waals surface area contributed by atoms with Crippen molar-refractivity contribution in [2.45, 2.75) is 18.6 Å². The topological polar surface area (TPSA) is 88.2 Å². The minimum Gasteiger partial charge on any atom is -0.380 e. The predicted molar refractivity (Wildman–Crippen MR) is 127 cm³/mol. The van der Waals surface area contributed by atoms with E-state index in [9.17, 15) is 18.8 Å². The van der Waals surface area contributed by atoms with Gasteiger partial charge >= 0.3 is 0 Å². The molecule has 11 heteroatoms. The molecule has 0 radical (unpaired) electrons. The fourth-order valence-corrected chi connectivity index (χ4v) is 4.87. The summed E-state index contributed by atoms with van der Waals surface area (Å²) < 4.78 is 25.8. The lowest BCUT2D eigenvalue weighted by molar-refractivity contribution is -0.132. The second-order valence-electron chi connectivity index (χ2n) is 7.83.